The Bertz CT molecular complexity index is 694. The summed E-state index contributed by atoms with van der Waals surface area (Å²) in [6, 6.07) is 4.13. The Kier molecular flexibility index (Phi) is 4.78. The van der Waals surface area contributed by atoms with Crippen LogP contribution in [0.25, 0.3) is 10.9 Å². The molecule has 23 heavy (non-hydrogen) atoms. The number of methoxy groups -OCH3 is 2. The van der Waals surface area contributed by atoms with E-state index in [1.54, 1.807) is 32.0 Å². The molecule has 0 aliphatic rings. The van der Waals surface area contributed by atoms with Gasteiger partial charge in [0, 0.05) is 5.39 Å². The Labute approximate surface area is 133 Å². The lowest BCUT2D eigenvalue weighted by Gasteiger charge is -2.17. The summed E-state index contributed by atoms with van der Waals surface area (Å²) in [5.74, 6) is -0.635. The molecule has 0 spiro atoms. The molecule has 0 aliphatic carbocycles. The number of fused-ring (bicyclic) bond motifs is 1. The lowest BCUT2D eigenvalue weighted by Crippen LogP contribution is -2.44. The first kappa shape index (κ1) is 16.7. The minimum atomic E-state index is -1.07. The van der Waals surface area contributed by atoms with Gasteiger partial charge in [0.1, 0.15) is 23.2 Å². The van der Waals surface area contributed by atoms with Crippen molar-refractivity contribution < 1.29 is 24.2 Å². The molecule has 1 heterocycles. The van der Waals surface area contributed by atoms with Crippen LogP contribution in [-0.4, -0.2) is 42.2 Å². The molecule has 1 atom stereocenters. The summed E-state index contributed by atoms with van der Waals surface area (Å²) in [7, 11) is 3.06. The number of aromatic amines is 1. The average molecular weight is 320 g/mol. The smallest absolute Gasteiger partial charge is 0.326 e. The molecule has 1 aromatic carbocycles. The van der Waals surface area contributed by atoms with Crippen LogP contribution < -0.4 is 14.8 Å². The normalized spacial score (nSPS) is 12.2. The number of aliphatic carboxylic acids is 1. The molecule has 0 unspecified atom stereocenters. The first-order chi connectivity index (χ1) is 10.9. The molecule has 0 saturated carbocycles. The number of hydrogen-bond acceptors (Lipinski definition) is 4. The molecule has 7 nitrogen and oxygen atoms in total. The molecule has 124 valence electrons. The van der Waals surface area contributed by atoms with E-state index in [1.807, 2.05) is 0 Å². The van der Waals surface area contributed by atoms with E-state index in [1.165, 1.54) is 14.2 Å². The van der Waals surface area contributed by atoms with Crippen LogP contribution in [0.2, 0.25) is 0 Å². The number of rotatable bonds is 6. The van der Waals surface area contributed by atoms with Crippen LogP contribution in [0.4, 0.5) is 0 Å². The fourth-order valence-corrected chi connectivity index (χ4v) is 2.37. The number of benzene rings is 1. The summed E-state index contributed by atoms with van der Waals surface area (Å²) >= 11 is 0. The van der Waals surface area contributed by atoms with Crippen molar-refractivity contribution in [3.63, 3.8) is 0 Å². The topological polar surface area (TPSA) is 101 Å². The summed E-state index contributed by atoms with van der Waals surface area (Å²) < 4.78 is 10.5. The SMILES string of the molecule is COc1ccc(OC)c2[nH]c(C(=O)N[C@H](C(=O)O)C(C)C)cc12. The second-order valence-corrected chi connectivity index (χ2v) is 5.48. The van der Waals surface area contributed by atoms with E-state index in [9.17, 15) is 14.7 Å². The van der Waals surface area contributed by atoms with Gasteiger partial charge in [0.15, 0.2) is 0 Å². The molecule has 2 aromatic rings. The van der Waals surface area contributed by atoms with Gasteiger partial charge in [0.2, 0.25) is 0 Å². The summed E-state index contributed by atoms with van der Waals surface area (Å²) in [5, 5.41) is 12.4. The van der Waals surface area contributed by atoms with E-state index >= 15 is 0 Å². The van der Waals surface area contributed by atoms with Crippen LogP contribution in [0.3, 0.4) is 0 Å². The van der Waals surface area contributed by atoms with Crippen molar-refractivity contribution in [1.29, 1.82) is 0 Å². The zero-order chi connectivity index (χ0) is 17.1. The Morgan fingerprint density at radius 3 is 2.30 bits per heavy atom. The second kappa shape index (κ2) is 6.60. The number of aromatic nitrogens is 1. The number of amides is 1. The molecule has 7 heteroatoms. The maximum Gasteiger partial charge on any atom is 0.326 e. The summed E-state index contributed by atoms with van der Waals surface area (Å²) in [5.41, 5.74) is 0.864. The number of carbonyl (C=O) groups excluding carboxylic acids is 1. The van der Waals surface area contributed by atoms with Gasteiger partial charge in [-0.2, -0.15) is 0 Å². The van der Waals surface area contributed by atoms with Crippen LogP contribution in [0.1, 0.15) is 24.3 Å². The van der Waals surface area contributed by atoms with Crippen molar-refractivity contribution in [2.24, 2.45) is 5.92 Å². The number of carboxylic acids is 1. The van der Waals surface area contributed by atoms with Crippen LogP contribution in [0.5, 0.6) is 11.5 Å². The molecule has 3 N–H and O–H groups in total. The third-order valence-electron chi connectivity index (χ3n) is 3.62. The van der Waals surface area contributed by atoms with E-state index < -0.39 is 17.9 Å². The first-order valence-electron chi connectivity index (χ1n) is 7.16. The monoisotopic (exact) mass is 320 g/mol. The molecule has 2 rings (SSSR count). The van der Waals surface area contributed by atoms with Crippen molar-refractivity contribution >= 4 is 22.8 Å². The van der Waals surface area contributed by atoms with Gasteiger partial charge in [-0.15, -0.1) is 0 Å². The number of carbonyl (C=O) groups is 2. The predicted molar refractivity (Wildman–Crippen MR) is 85.1 cm³/mol. The fourth-order valence-electron chi connectivity index (χ4n) is 2.37. The standard InChI is InChI=1S/C16H20N2O5/c1-8(2)13(16(20)21)18-15(19)10-7-9-11(22-3)5-6-12(23-4)14(9)17-10/h5-8,13,17H,1-4H3,(H,18,19)(H,20,21)/t13-/m0/s1. The summed E-state index contributed by atoms with van der Waals surface area (Å²) in [4.78, 5) is 26.5. The van der Waals surface area contributed by atoms with E-state index in [2.05, 4.69) is 10.3 Å². The van der Waals surface area contributed by atoms with E-state index in [0.29, 0.717) is 22.4 Å². The summed E-state index contributed by atoms with van der Waals surface area (Å²) in [6.45, 7) is 3.46. The highest BCUT2D eigenvalue weighted by atomic mass is 16.5. The van der Waals surface area contributed by atoms with Gasteiger partial charge < -0.3 is 24.9 Å². The van der Waals surface area contributed by atoms with Gasteiger partial charge in [0.25, 0.3) is 5.91 Å². The van der Waals surface area contributed by atoms with Gasteiger partial charge in [0.05, 0.1) is 19.7 Å². The van der Waals surface area contributed by atoms with Gasteiger partial charge in [-0.3, -0.25) is 4.79 Å². The molecule has 0 aliphatic heterocycles. The third-order valence-corrected chi connectivity index (χ3v) is 3.62. The van der Waals surface area contributed by atoms with E-state index in [4.69, 9.17) is 9.47 Å². The molecular formula is C16H20N2O5. The number of hydrogen-bond donors (Lipinski definition) is 3. The Morgan fingerprint density at radius 2 is 1.78 bits per heavy atom. The minimum absolute atomic E-state index is 0.232. The molecule has 0 bridgehead atoms. The maximum absolute atomic E-state index is 12.3. The zero-order valence-corrected chi connectivity index (χ0v) is 13.5. The number of ether oxygens (including phenoxy) is 2. The largest absolute Gasteiger partial charge is 0.496 e. The molecule has 0 saturated heterocycles. The molecular weight excluding hydrogens is 300 g/mol. The summed E-state index contributed by atoms with van der Waals surface area (Å²) in [6.07, 6.45) is 0. The predicted octanol–water partition coefficient (Wildman–Crippen LogP) is 2.02. The molecule has 0 fully saturated rings. The molecule has 1 aromatic heterocycles. The van der Waals surface area contributed by atoms with Gasteiger partial charge in [-0.1, -0.05) is 13.8 Å². The number of H-pyrrole nitrogens is 1. The number of nitrogens with one attached hydrogen (secondary N) is 2. The highest BCUT2D eigenvalue weighted by molar-refractivity contribution is 6.02. The van der Waals surface area contributed by atoms with Crippen molar-refractivity contribution in [2.45, 2.75) is 19.9 Å². The van der Waals surface area contributed by atoms with Gasteiger partial charge in [-0.25, -0.2) is 4.79 Å². The zero-order valence-electron chi connectivity index (χ0n) is 13.5. The van der Waals surface area contributed by atoms with Crippen LogP contribution >= 0.6 is 0 Å². The lowest BCUT2D eigenvalue weighted by atomic mass is 10.0. The van der Waals surface area contributed by atoms with Crippen LogP contribution in [0, 0.1) is 5.92 Å². The number of carboxylic acid groups (broad SMARTS) is 1. The van der Waals surface area contributed by atoms with Crippen molar-refractivity contribution in [3.05, 3.63) is 23.9 Å². The third kappa shape index (κ3) is 3.23. The van der Waals surface area contributed by atoms with E-state index in [0.717, 1.165) is 0 Å². The quantitative estimate of drug-likeness (QED) is 0.756. The van der Waals surface area contributed by atoms with Crippen molar-refractivity contribution in [3.8, 4) is 11.5 Å². The highest BCUT2D eigenvalue weighted by Gasteiger charge is 2.25. The Balaban J connectivity index is 2.40. The van der Waals surface area contributed by atoms with Gasteiger partial charge in [-0.05, 0) is 24.1 Å². The average Bonchev–Trinajstić information content (AvgIpc) is 2.95. The minimum Gasteiger partial charge on any atom is -0.496 e. The maximum atomic E-state index is 12.3. The lowest BCUT2D eigenvalue weighted by molar-refractivity contribution is -0.140. The molecule has 1 amide bonds. The van der Waals surface area contributed by atoms with Crippen LogP contribution in [0.15, 0.2) is 18.2 Å². The van der Waals surface area contributed by atoms with Crippen molar-refractivity contribution in [2.75, 3.05) is 14.2 Å². The molecule has 0 radical (unpaired) electrons. The second-order valence-electron chi connectivity index (χ2n) is 5.48. The van der Waals surface area contributed by atoms with Crippen LogP contribution in [-0.2, 0) is 4.79 Å². The fraction of sp³-hybridized carbons (Fsp3) is 0.375. The van der Waals surface area contributed by atoms with Gasteiger partial charge >= 0.3 is 5.97 Å². The highest BCUT2D eigenvalue weighted by Crippen LogP contribution is 2.33. The first-order valence-corrected chi connectivity index (χ1v) is 7.16. The van der Waals surface area contributed by atoms with Crippen molar-refractivity contribution in [1.82, 2.24) is 10.3 Å². The van der Waals surface area contributed by atoms with E-state index in [-0.39, 0.29) is 11.6 Å². The Hall–Kier alpha value is -2.70. The Morgan fingerprint density at radius 1 is 1.17 bits per heavy atom.